The molecule has 118 valence electrons. The van der Waals surface area contributed by atoms with Gasteiger partial charge >= 0.3 is 0 Å². The summed E-state index contributed by atoms with van der Waals surface area (Å²) in [7, 11) is -3.85. The number of hydrogen-bond acceptors (Lipinski definition) is 5. The van der Waals surface area contributed by atoms with Crippen LogP contribution in [-0.4, -0.2) is 18.4 Å². The minimum Gasteiger partial charge on any atom is -0.263 e. The summed E-state index contributed by atoms with van der Waals surface area (Å²) >= 11 is 5.83. The van der Waals surface area contributed by atoms with E-state index in [0.717, 1.165) is 18.5 Å². The fourth-order valence-corrected chi connectivity index (χ4v) is 3.36. The van der Waals surface area contributed by atoms with Crippen LogP contribution in [0.2, 0.25) is 5.02 Å². The van der Waals surface area contributed by atoms with Crippen molar-refractivity contribution < 1.29 is 8.42 Å². The zero-order chi connectivity index (χ0) is 16.6. The van der Waals surface area contributed by atoms with Crippen molar-refractivity contribution in [3.63, 3.8) is 0 Å². The molecular formula is C15H13ClN4O2S. The van der Waals surface area contributed by atoms with Crippen LogP contribution in [-0.2, 0) is 10.0 Å². The molecule has 0 aliphatic heterocycles. The molecule has 6 nitrogen and oxygen atoms in total. The lowest BCUT2D eigenvalue weighted by molar-refractivity contribution is 0.601. The van der Waals surface area contributed by atoms with Crippen LogP contribution in [0, 0.1) is 18.3 Å². The third kappa shape index (κ3) is 3.44. The number of nitriles is 1. The topological polar surface area (TPSA) is 95.7 Å². The van der Waals surface area contributed by atoms with Crippen LogP contribution in [0.1, 0.15) is 35.8 Å². The highest BCUT2D eigenvalue weighted by molar-refractivity contribution is 7.92. The van der Waals surface area contributed by atoms with Crippen molar-refractivity contribution in [3.05, 3.63) is 46.4 Å². The lowest BCUT2D eigenvalue weighted by Crippen LogP contribution is -2.15. The second-order valence-corrected chi connectivity index (χ2v) is 7.45. The minimum absolute atomic E-state index is 0.0392. The molecule has 1 heterocycles. The van der Waals surface area contributed by atoms with Crippen LogP contribution < -0.4 is 4.72 Å². The summed E-state index contributed by atoms with van der Waals surface area (Å²) in [6.07, 6.45) is 2.12. The Hall–Kier alpha value is -2.17. The molecule has 1 aromatic carbocycles. The number of anilines is 1. The zero-order valence-electron chi connectivity index (χ0n) is 12.2. The number of sulfonamides is 1. The van der Waals surface area contributed by atoms with Gasteiger partial charge in [-0.15, -0.1) is 0 Å². The first-order chi connectivity index (χ1) is 10.9. The van der Waals surface area contributed by atoms with Gasteiger partial charge in [0.15, 0.2) is 0 Å². The predicted octanol–water partition coefficient (Wildman–Crippen LogP) is 2.99. The third-order valence-corrected chi connectivity index (χ3v) is 5.14. The second kappa shape index (κ2) is 5.80. The third-order valence-electron chi connectivity index (χ3n) is 3.46. The molecule has 0 radical (unpaired) electrons. The van der Waals surface area contributed by atoms with Gasteiger partial charge in [-0.2, -0.15) is 5.26 Å². The molecule has 3 rings (SSSR count). The van der Waals surface area contributed by atoms with E-state index in [-0.39, 0.29) is 21.3 Å². The smallest absolute Gasteiger partial charge is 0.263 e. The predicted molar refractivity (Wildman–Crippen MR) is 85.7 cm³/mol. The molecule has 0 saturated heterocycles. The molecule has 0 unspecified atom stereocenters. The molecule has 0 bridgehead atoms. The molecule has 1 aliphatic rings. The monoisotopic (exact) mass is 348 g/mol. The van der Waals surface area contributed by atoms with Crippen molar-refractivity contribution in [2.75, 3.05) is 4.72 Å². The number of aryl methyl sites for hydroxylation is 1. The van der Waals surface area contributed by atoms with Crippen LogP contribution in [0.5, 0.6) is 0 Å². The van der Waals surface area contributed by atoms with E-state index in [1.165, 1.54) is 18.2 Å². The first-order valence-electron chi connectivity index (χ1n) is 6.97. The van der Waals surface area contributed by atoms with Gasteiger partial charge in [-0.05, 0) is 38.0 Å². The largest absolute Gasteiger partial charge is 0.263 e. The molecule has 0 amide bonds. The number of halogens is 1. The number of aromatic nitrogens is 2. The maximum Gasteiger partial charge on any atom is 0.263 e. The Morgan fingerprint density at radius 1 is 1.30 bits per heavy atom. The highest BCUT2D eigenvalue weighted by Gasteiger charge is 2.26. The zero-order valence-corrected chi connectivity index (χ0v) is 13.8. The Kier molecular flexibility index (Phi) is 3.96. The Balaban J connectivity index is 1.94. The van der Waals surface area contributed by atoms with E-state index in [1.807, 2.05) is 6.07 Å². The van der Waals surface area contributed by atoms with E-state index in [2.05, 4.69) is 14.7 Å². The van der Waals surface area contributed by atoms with E-state index >= 15 is 0 Å². The molecular weight excluding hydrogens is 336 g/mol. The summed E-state index contributed by atoms with van der Waals surface area (Å²) in [5.41, 5.74) is 0.955. The molecule has 2 aromatic rings. The van der Waals surface area contributed by atoms with Crippen molar-refractivity contribution >= 4 is 27.4 Å². The summed E-state index contributed by atoms with van der Waals surface area (Å²) in [6.45, 7) is 1.72. The Bertz CT molecular complexity index is 918. The highest BCUT2D eigenvalue weighted by Crippen LogP contribution is 2.39. The molecule has 1 aromatic heterocycles. The van der Waals surface area contributed by atoms with Crippen molar-refractivity contribution in [3.8, 4) is 6.07 Å². The van der Waals surface area contributed by atoms with Crippen molar-refractivity contribution in [1.82, 2.24) is 9.97 Å². The molecule has 23 heavy (non-hydrogen) atoms. The Morgan fingerprint density at radius 3 is 2.70 bits per heavy atom. The van der Waals surface area contributed by atoms with Gasteiger partial charge in [-0.3, -0.25) is 4.72 Å². The summed E-state index contributed by atoms with van der Waals surface area (Å²) < 4.78 is 27.4. The van der Waals surface area contributed by atoms with Crippen LogP contribution in [0.4, 0.5) is 5.82 Å². The number of benzene rings is 1. The Morgan fingerprint density at radius 2 is 2.04 bits per heavy atom. The molecule has 1 aliphatic carbocycles. The van der Waals surface area contributed by atoms with Gasteiger partial charge in [0.25, 0.3) is 10.0 Å². The maximum absolute atomic E-state index is 12.5. The van der Waals surface area contributed by atoms with Gasteiger partial charge < -0.3 is 0 Å². The average Bonchev–Trinajstić information content (AvgIpc) is 3.31. The fourth-order valence-electron chi connectivity index (χ4n) is 2.19. The van der Waals surface area contributed by atoms with Gasteiger partial charge in [0, 0.05) is 17.7 Å². The van der Waals surface area contributed by atoms with Crippen molar-refractivity contribution in [2.24, 2.45) is 0 Å². The Labute approximate surface area is 139 Å². The summed E-state index contributed by atoms with van der Waals surface area (Å²) in [4.78, 5) is 8.41. The second-order valence-electron chi connectivity index (χ2n) is 5.36. The van der Waals surface area contributed by atoms with Crippen LogP contribution >= 0.6 is 11.6 Å². The standard InChI is InChI=1S/C15H13ClN4O2S/c1-9-18-14(10-2-3-10)7-15(19-9)20-23(21,22)12-4-5-13(16)11(6-12)8-17/h4-7,10H,2-3H2,1H3,(H,18,19,20). The van der Waals surface area contributed by atoms with Crippen molar-refractivity contribution in [2.45, 2.75) is 30.6 Å². The van der Waals surface area contributed by atoms with Gasteiger partial charge in [0.1, 0.15) is 17.7 Å². The number of nitrogens with one attached hydrogen (secondary N) is 1. The van der Waals surface area contributed by atoms with Crippen LogP contribution in [0.3, 0.4) is 0 Å². The molecule has 0 spiro atoms. The first kappa shape index (κ1) is 15.7. The van der Waals surface area contributed by atoms with E-state index in [1.54, 1.807) is 13.0 Å². The normalized spacial score (nSPS) is 14.3. The van der Waals surface area contributed by atoms with Crippen LogP contribution in [0.25, 0.3) is 0 Å². The summed E-state index contributed by atoms with van der Waals surface area (Å²) in [5.74, 6) is 1.13. The SMILES string of the molecule is Cc1nc(NS(=O)(=O)c2ccc(Cl)c(C#N)c2)cc(C2CC2)n1. The highest BCUT2D eigenvalue weighted by atomic mass is 35.5. The molecule has 0 atom stereocenters. The van der Waals surface area contributed by atoms with Gasteiger partial charge in [0.2, 0.25) is 0 Å². The van der Waals surface area contributed by atoms with E-state index in [0.29, 0.717) is 11.7 Å². The number of nitrogens with zero attached hydrogens (tertiary/aromatic N) is 3. The maximum atomic E-state index is 12.5. The van der Waals surface area contributed by atoms with E-state index < -0.39 is 10.0 Å². The first-order valence-corrected chi connectivity index (χ1v) is 8.83. The average molecular weight is 349 g/mol. The number of rotatable bonds is 4. The number of hydrogen-bond donors (Lipinski definition) is 1. The summed E-state index contributed by atoms with van der Waals surface area (Å²) in [5, 5.41) is 9.18. The van der Waals surface area contributed by atoms with Gasteiger partial charge in [0.05, 0.1) is 15.5 Å². The summed E-state index contributed by atoms with van der Waals surface area (Å²) in [6, 6.07) is 7.49. The van der Waals surface area contributed by atoms with E-state index in [9.17, 15) is 8.42 Å². The molecule has 8 heteroatoms. The van der Waals surface area contributed by atoms with Crippen molar-refractivity contribution in [1.29, 1.82) is 5.26 Å². The van der Waals surface area contributed by atoms with Gasteiger partial charge in [-0.1, -0.05) is 11.6 Å². The molecule has 1 N–H and O–H groups in total. The van der Waals surface area contributed by atoms with Gasteiger partial charge in [-0.25, -0.2) is 18.4 Å². The molecule has 1 saturated carbocycles. The fraction of sp³-hybridized carbons (Fsp3) is 0.267. The van der Waals surface area contributed by atoms with Crippen LogP contribution in [0.15, 0.2) is 29.2 Å². The molecule has 1 fully saturated rings. The minimum atomic E-state index is -3.85. The quantitative estimate of drug-likeness (QED) is 0.916. The van der Waals surface area contributed by atoms with E-state index in [4.69, 9.17) is 16.9 Å². The lowest BCUT2D eigenvalue weighted by Gasteiger charge is -2.10. The lowest BCUT2D eigenvalue weighted by atomic mass is 10.2.